The molecule has 0 radical (unpaired) electrons. The number of aryl methyl sites for hydroxylation is 1. The molecule has 0 saturated carbocycles. The van der Waals surface area contributed by atoms with Gasteiger partial charge >= 0.3 is 0 Å². The van der Waals surface area contributed by atoms with Crippen molar-refractivity contribution in [2.24, 2.45) is 0 Å². The number of carbonyl (C=O) groups excluding carboxylic acids is 3. The van der Waals surface area contributed by atoms with Gasteiger partial charge in [-0.15, -0.1) is 11.3 Å². The summed E-state index contributed by atoms with van der Waals surface area (Å²) in [5, 5.41) is 7.99. The van der Waals surface area contributed by atoms with E-state index in [0.717, 1.165) is 14.9 Å². The highest BCUT2D eigenvalue weighted by atomic mass is 79.9. The predicted molar refractivity (Wildman–Crippen MR) is 102 cm³/mol. The minimum Gasteiger partial charge on any atom is -0.351 e. The van der Waals surface area contributed by atoms with Crippen LogP contribution in [0.5, 0.6) is 0 Å². The van der Waals surface area contributed by atoms with Crippen LogP contribution in [-0.4, -0.2) is 24.3 Å². The van der Waals surface area contributed by atoms with E-state index in [2.05, 4.69) is 31.9 Å². The molecular formula is C17H18BrN3O3S. The van der Waals surface area contributed by atoms with Gasteiger partial charge in [-0.2, -0.15) is 0 Å². The van der Waals surface area contributed by atoms with Gasteiger partial charge in [0, 0.05) is 22.0 Å². The molecule has 0 unspecified atom stereocenters. The number of hydrogen-bond donors (Lipinski definition) is 3. The summed E-state index contributed by atoms with van der Waals surface area (Å²) in [5.41, 5.74) is 1.68. The highest BCUT2D eigenvalue weighted by Crippen LogP contribution is 2.20. The van der Waals surface area contributed by atoms with Gasteiger partial charge in [0.05, 0.1) is 18.0 Å². The van der Waals surface area contributed by atoms with E-state index >= 15 is 0 Å². The Morgan fingerprint density at radius 3 is 2.56 bits per heavy atom. The lowest BCUT2D eigenvalue weighted by Gasteiger charge is -2.08. The van der Waals surface area contributed by atoms with Crippen LogP contribution in [0.15, 0.2) is 34.8 Å². The Labute approximate surface area is 158 Å². The fourth-order valence-corrected chi connectivity index (χ4v) is 3.09. The van der Waals surface area contributed by atoms with E-state index in [0.29, 0.717) is 17.1 Å². The number of amides is 3. The van der Waals surface area contributed by atoms with E-state index in [1.807, 2.05) is 19.1 Å². The van der Waals surface area contributed by atoms with Crippen LogP contribution in [-0.2, 0) is 16.1 Å². The van der Waals surface area contributed by atoms with Crippen LogP contribution in [0, 0.1) is 6.92 Å². The maximum atomic E-state index is 12.1. The van der Waals surface area contributed by atoms with E-state index in [9.17, 15) is 14.4 Å². The summed E-state index contributed by atoms with van der Waals surface area (Å²) >= 11 is 4.68. The zero-order valence-electron chi connectivity index (χ0n) is 13.8. The third kappa shape index (κ3) is 5.99. The fraction of sp³-hybridized carbons (Fsp3) is 0.235. The lowest BCUT2D eigenvalue weighted by Crippen LogP contribution is -2.32. The highest BCUT2D eigenvalue weighted by Gasteiger charge is 2.11. The van der Waals surface area contributed by atoms with Crippen LogP contribution >= 0.6 is 27.3 Å². The molecule has 0 fully saturated rings. The van der Waals surface area contributed by atoms with Gasteiger partial charge in [-0.3, -0.25) is 14.4 Å². The summed E-state index contributed by atoms with van der Waals surface area (Å²) in [7, 11) is 0. The minimum atomic E-state index is -0.318. The number of halogens is 1. The zero-order chi connectivity index (χ0) is 18.4. The first-order valence-electron chi connectivity index (χ1n) is 7.52. The summed E-state index contributed by atoms with van der Waals surface area (Å²) in [6.07, 6.45) is 0. The number of nitrogens with one attached hydrogen (secondary N) is 3. The summed E-state index contributed by atoms with van der Waals surface area (Å²) in [4.78, 5) is 36.3. The lowest BCUT2D eigenvalue weighted by molar-refractivity contribution is -0.119. The van der Waals surface area contributed by atoms with Crippen molar-refractivity contribution in [1.82, 2.24) is 10.6 Å². The molecule has 0 aliphatic carbocycles. The van der Waals surface area contributed by atoms with Crippen molar-refractivity contribution in [3.05, 3.63) is 50.1 Å². The van der Waals surface area contributed by atoms with Crippen molar-refractivity contribution < 1.29 is 14.4 Å². The van der Waals surface area contributed by atoms with Gasteiger partial charge < -0.3 is 16.0 Å². The number of hydrogen-bond acceptors (Lipinski definition) is 4. The van der Waals surface area contributed by atoms with Crippen LogP contribution in [0.3, 0.4) is 0 Å². The Hall–Kier alpha value is -2.19. The quantitative estimate of drug-likeness (QED) is 0.667. The van der Waals surface area contributed by atoms with Gasteiger partial charge in [0.25, 0.3) is 5.91 Å². The molecule has 3 amide bonds. The first kappa shape index (κ1) is 19.1. The summed E-state index contributed by atoms with van der Waals surface area (Å²) < 4.78 is 0.964. The fourth-order valence-electron chi connectivity index (χ4n) is 1.98. The first-order valence-corrected chi connectivity index (χ1v) is 9.13. The number of anilines is 1. The smallest absolute Gasteiger partial charge is 0.261 e. The number of rotatable bonds is 6. The van der Waals surface area contributed by atoms with Crippen molar-refractivity contribution in [3.63, 3.8) is 0 Å². The van der Waals surface area contributed by atoms with Crippen molar-refractivity contribution in [3.8, 4) is 0 Å². The first-order chi connectivity index (χ1) is 11.8. The summed E-state index contributed by atoms with van der Waals surface area (Å²) in [6.45, 7) is 3.63. The molecule has 132 valence electrons. The zero-order valence-corrected chi connectivity index (χ0v) is 16.2. The molecule has 25 heavy (non-hydrogen) atoms. The van der Waals surface area contributed by atoms with E-state index in [-0.39, 0.29) is 24.3 Å². The normalized spacial score (nSPS) is 10.2. The average Bonchev–Trinajstić information content (AvgIpc) is 3.03. The largest absolute Gasteiger partial charge is 0.351 e. The molecule has 3 N–H and O–H groups in total. The molecule has 0 atom stereocenters. The van der Waals surface area contributed by atoms with Gasteiger partial charge in [-0.25, -0.2) is 0 Å². The monoisotopic (exact) mass is 423 g/mol. The number of benzene rings is 1. The van der Waals surface area contributed by atoms with E-state index in [1.54, 1.807) is 18.2 Å². The molecule has 1 aromatic heterocycles. The predicted octanol–water partition coefficient (Wildman–Crippen LogP) is 2.82. The van der Waals surface area contributed by atoms with Crippen LogP contribution in [0.25, 0.3) is 0 Å². The van der Waals surface area contributed by atoms with Crippen LogP contribution in [0.1, 0.15) is 27.0 Å². The molecule has 2 rings (SSSR count). The molecule has 0 aliphatic heterocycles. The van der Waals surface area contributed by atoms with Crippen molar-refractivity contribution in [2.75, 3.05) is 11.9 Å². The molecule has 6 nitrogen and oxygen atoms in total. The van der Waals surface area contributed by atoms with E-state index in [1.165, 1.54) is 18.3 Å². The molecule has 1 aromatic carbocycles. The van der Waals surface area contributed by atoms with Gasteiger partial charge in [0.1, 0.15) is 0 Å². The highest BCUT2D eigenvalue weighted by molar-refractivity contribution is 9.10. The number of carbonyl (C=O) groups is 3. The summed E-state index contributed by atoms with van der Waals surface area (Å²) in [5.74, 6) is -0.745. The molecule has 0 saturated heterocycles. The molecule has 2 aromatic rings. The van der Waals surface area contributed by atoms with Gasteiger partial charge in [-0.1, -0.05) is 15.9 Å². The van der Waals surface area contributed by atoms with Gasteiger partial charge in [-0.05, 0) is 42.8 Å². The van der Waals surface area contributed by atoms with Crippen LogP contribution in [0.2, 0.25) is 0 Å². The Kier molecular flexibility index (Phi) is 6.72. The molecule has 1 heterocycles. The maximum Gasteiger partial charge on any atom is 0.261 e. The molecule has 0 spiro atoms. The van der Waals surface area contributed by atoms with Crippen molar-refractivity contribution >= 4 is 50.7 Å². The number of thiophene rings is 1. The van der Waals surface area contributed by atoms with Crippen LogP contribution < -0.4 is 16.0 Å². The Morgan fingerprint density at radius 1 is 1.12 bits per heavy atom. The third-order valence-electron chi connectivity index (χ3n) is 3.25. The molecule has 0 bridgehead atoms. The van der Waals surface area contributed by atoms with Crippen molar-refractivity contribution in [2.45, 2.75) is 20.4 Å². The molecular weight excluding hydrogens is 406 g/mol. The van der Waals surface area contributed by atoms with Gasteiger partial charge in [0.15, 0.2) is 0 Å². The minimum absolute atomic E-state index is 0.118. The Bertz CT molecular complexity index is 804. The SMILES string of the molecule is CC(=O)NCc1ccc(C(=O)NCC(=O)Nc2ccc(Br)c(C)c2)s1. The standard InChI is InChI=1S/C17H18BrN3O3S/c1-10-7-12(3-5-14(10)18)21-16(23)9-20-17(24)15-6-4-13(25-15)8-19-11(2)22/h3-7H,8-9H2,1-2H3,(H,19,22)(H,20,24)(H,21,23). The average molecular weight is 424 g/mol. The summed E-state index contributed by atoms with van der Waals surface area (Å²) in [6, 6.07) is 8.93. The lowest BCUT2D eigenvalue weighted by atomic mass is 10.2. The maximum absolute atomic E-state index is 12.1. The Balaban J connectivity index is 1.83. The third-order valence-corrected chi connectivity index (χ3v) is 5.22. The molecule has 8 heteroatoms. The van der Waals surface area contributed by atoms with E-state index in [4.69, 9.17) is 0 Å². The second kappa shape index (κ2) is 8.77. The Morgan fingerprint density at radius 2 is 1.88 bits per heavy atom. The van der Waals surface area contributed by atoms with Crippen LogP contribution in [0.4, 0.5) is 5.69 Å². The van der Waals surface area contributed by atoms with Gasteiger partial charge in [0.2, 0.25) is 11.8 Å². The topological polar surface area (TPSA) is 87.3 Å². The second-order valence-electron chi connectivity index (χ2n) is 5.37. The molecule has 0 aliphatic rings. The second-order valence-corrected chi connectivity index (χ2v) is 7.39. The van der Waals surface area contributed by atoms with E-state index < -0.39 is 0 Å². The van der Waals surface area contributed by atoms with Crippen molar-refractivity contribution in [1.29, 1.82) is 0 Å².